The molecule has 1 rings (SSSR count). The van der Waals surface area contributed by atoms with Crippen LogP contribution in [0.3, 0.4) is 0 Å². The van der Waals surface area contributed by atoms with Gasteiger partial charge in [-0.25, -0.2) is 4.79 Å². The number of esters is 1. The van der Waals surface area contributed by atoms with Crippen molar-refractivity contribution in [3.63, 3.8) is 0 Å². The molecule has 0 radical (unpaired) electrons. The fourth-order valence-corrected chi connectivity index (χ4v) is 3.81. The third-order valence-electron chi connectivity index (χ3n) is 5.17. The maximum absolute atomic E-state index is 12.9. The van der Waals surface area contributed by atoms with E-state index in [9.17, 15) is 9.59 Å². The van der Waals surface area contributed by atoms with Crippen molar-refractivity contribution in [2.75, 3.05) is 0 Å². The summed E-state index contributed by atoms with van der Waals surface area (Å²) in [5.74, 6) is -0.506. The molecule has 26 heavy (non-hydrogen) atoms. The Kier molecular flexibility index (Phi) is 8.70. The van der Waals surface area contributed by atoms with Crippen molar-refractivity contribution in [2.45, 2.75) is 77.8 Å². The molecule has 1 aromatic carbocycles. The zero-order chi connectivity index (χ0) is 19.8. The van der Waals surface area contributed by atoms with E-state index in [1.54, 1.807) is 0 Å². The van der Waals surface area contributed by atoms with Crippen LogP contribution in [-0.4, -0.2) is 26.7 Å². The number of ether oxygens (including phenoxy) is 1. The monoisotopic (exact) mass is 378 g/mol. The van der Waals surface area contributed by atoms with Crippen LogP contribution in [-0.2, 0) is 25.4 Å². The van der Waals surface area contributed by atoms with Crippen molar-refractivity contribution in [2.24, 2.45) is 5.92 Å². The lowest BCUT2D eigenvalue weighted by molar-refractivity contribution is -0.157. The third kappa shape index (κ3) is 6.69. The van der Waals surface area contributed by atoms with Crippen LogP contribution in [0.5, 0.6) is 0 Å². The first-order valence-electron chi connectivity index (χ1n) is 9.44. The van der Waals surface area contributed by atoms with E-state index >= 15 is 0 Å². The Morgan fingerprint density at radius 2 is 1.81 bits per heavy atom. The number of aldehydes is 1. The predicted molar refractivity (Wildman–Crippen MR) is 107 cm³/mol. The molecule has 0 N–H and O–H groups in total. The van der Waals surface area contributed by atoms with Gasteiger partial charge < -0.3 is 14.0 Å². The first-order valence-corrected chi connectivity index (χ1v) is 12.3. The highest BCUT2D eigenvalue weighted by Crippen LogP contribution is 2.39. The smallest absolute Gasteiger partial charge is 0.334 e. The minimum absolute atomic E-state index is 0.0249. The highest BCUT2D eigenvalue weighted by atomic mass is 28.4. The maximum Gasteiger partial charge on any atom is 0.334 e. The Labute approximate surface area is 159 Å². The normalized spacial score (nSPS) is 14.5. The van der Waals surface area contributed by atoms with Gasteiger partial charge in [0.2, 0.25) is 0 Å². The summed E-state index contributed by atoms with van der Waals surface area (Å²) in [6.07, 6.45) is 2.16. The molecule has 0 saturated heterocycles. The van der Waals surface area contributed by atoms with Gasteiger partial charge in [0.25, 0.3) is 0 Å². The van der Waals surface area contributed by atoms with E-state index in [-0.39, 0.29) is 23.5 Å². The summed E-state index contributed by atoms with van der Waals surface area (Å²) in [6.45, 7) is 12.9. The molecule has 0 bridgehead atoms. The summed E-state index contributed by atoms with van der Waals surface area (Å²) in [5.41, 5.74) is 0.939. The summed E-state index contributed by atoms with van der Waals surface area (Å²) in [4.78, 5) is 24.0. The van der Waals surface area contributed by atoms with Crippen molar-refractivity contribution in [1.29, 1.82) is 0 Å². The van der Waals surface area contributed by atoms with Crippen LogP contribution < -0.4 is 0 Å². The molecular weight excluding hydrogens is 344 g/mol. The van der Waals surface area contributed by atoms with E-state index in [0.717, 1.165) is 24.7 Å². The Balaban J connectivity index is 2.97. The standard InChI is InChI=1S/C21H34O4Si/c1-7-11-18(14-15-22)19(25-26(5,6)21(2,3)4)20(23)24-16-17-12-9-8-10-13-17/h8-10,12-13,15,18-19H,7,11,14,16H2,1-6H3/t18-,19?/m0/s1. The highest BCUT2D eigenvalue weighted by Gasteiger charge is 2.43. The SMILES string of the molecule is CCC[C@@H](CC=O)C(O[Si](C)(C)C(C)(C)C)C(=O)OCc1ccccc1. The molecule has 4 nitrogen and oxygen atoms in total. The minimum atomic E-state index is -2.18. The van der Waals surface area contributed by atoms with Gasteiger partial charge in [-0.1, -0.05) is 64.4 Å². The number of hydrogen-bond acceptors (Lipinski definition) is 4. The molecular formula is C21H34O4Si. The largest absolute Gasteiger partial charge is 0.459 e. The van der Waals surface area contributed by atoms with Crippen molar-refractivity contribution >= 4 is 20.6 Å². The average Bonchev–Trinajstić information content (AvgIpc) is 2.57. The van der Waals surface area contributed by atoms with Gasteiger partial charge in [0.15, 0.2) is 8.32 Å². The zero-order valence-electron chi connectivity index (χ0n) is 17.1. The van der Waals surface area contributed by atoms with Crippen LogP contribution in [0.2, 0.25) is 18.1 Å². The van der Waals surface area contributed by atoms with E-state index in [0.29, 0.717) is 6.42 Å². The minimum Gasteiger partial charge on any atom is -0.459 e. The quantitative estimate of drug-likeness (QED) is 0.322. The number of carbonyl (C=O) groups excluding carboxylic acids is 2. The van der Waals surface area contributed by atoms with E-state index in [1.165, 1.54) is 0 Å². The second kappa shape index (κ2) is 10.0. The van der Waals surface area contributed by atoms with Gasteiger partial charge in [-0.05, 0) is 30.1 Å². The summed E-state index contributed by atoms with van der Waals surface area (Å²) < 4.78 is 12.0. The molecule has 146 valence electrons. The zero-order valence-corrected chi connectivity index (χ0v) is 18.1. The summed E-state index contributed by atoms with van der Waals surface area (Å²) >= 11 is 0. The van der Waals surface area contributed by atoms with Gasteiger partial charge in [-0.2, -0.15) is 0 Å². The lowest BCUT2D eigenvalue weighted by Gasteiger charge is -2.40. The molecule has 0 spiro atoms. The summed E-state index contributed by atoms with van der Waals surface area (Å²) in [5, 5.41) is -0.0249. The molecule has 0 aliphatic heterocycles. The first kappa shape index (κ1) is 22.6. The van der Waals surface area contributed by atoms with E-state index in [1.807, 2.05) is 30.3 Å². The maximum atomic E-state index is 12.9. The molecule has 1 aromatic rings. The van der Waals surface area contributed by atoms with Crippen LogP contribution in [0.1, 0.15) is 52.5 Å². The van der Waals surface area contributed by atoms with E-state index in [2.05, 4.69) is 40.8 Å². The number of rotatable bonds is 10. The summed E-state index contributed by atoms with van der Waals surface area (Å²) in [7, 11) is -2.18. The van der Waals surface area contributed by atoms with Gasteiger partial charge in [-0.15, -0.1) is 0 Å². The van der Waals surface area contributed by atoms with Crippen molar-refractivity contribution in [1.82, 2.24) is 0 Å². The topological polar surface area (TPSA) is 52.6 Å². The highest BCUT2D eigenvalue weighted by molar-refractivity contribution is 6.74. The fraction of sp³-hybridized carbons (Fsp3) is 0.619. The third-order valence-corrected chi connectivity index (χ3v) is 9.63. The molecule has 0 saturated carbocycles. The van der Waals surface area contributed by atoms with Gasteiger partial charge in [0, 0.05) is 12.3 Å². The Bertz CT molecular complexity index is 563. The second-order valence-corrected chi connectivity index (χ2v) is 13.1. The van der Waals surface area contributed by atoms with E-state index < -0.39 is 14.4 Å². The Hall–Kier alpha value is -1.46. The van der Waals surface area contributed by atoms with Crippen molar-refractivity contribution < 1.29 is 18.8 Å². The average molecular weight is 379 g/mol. The summed E-state index contributed by atoms with van der Waals surface area (Å²) in [6, 6.07) is 9.60. The predicted octanol–water partition coefficient (Wildman–Crippen LogP) is 5.13. The molecule has 0 heterocycles. The van der Waals surface area contributed by atoms with Crippen LogP contribution in [0.25, 0.3) is 0 Å². The molecule has 0 aliphatic carbocycles. The number of carbonyl (C=O) groups is 2. The molecule has 0 amide bonds. The van der Waals surface area contributed by atoms with Crippen molar-refractivity contribution in [3.8, 4) is 0 Å². The second-order valence-electron chi connectivity index (χ2n) is 8.34. The van der Waals surface area contributed by atoms with Gasteiger partial charge >= 0.3 is 5.97 Å². The molecule has 0 aliphatic rings. The fourth-order valence-electron chi connectivity index (χ4n) is 2.53. The van der Waals surface area contributed by atoms with Crippen LogP contribution >= 0.6 is 0 Å². The van der Waals surface area contributed by atoms with Crippen LogP contribution in [0.4, 0.5) is 0 Å². The van der Waals surface area contributed by atoms with Crippen LogP contribution in [0.15, 0.2) is 30.3 Å². The number of hydrogen-bond donors (Lipinski definition) is 0. The Morgan fingerprint density at radius 3 is 2.31 bits per heavy atom. The molecule has 1 unspecified atom stereocenters. The van der Waals surface area contributed by atoms with Gasteiger partial charge in [0.1, 0.15) is 19.0 Å². The van der Waals surface area contributed by atoms with Crippen LogP contribution in [0, 0.1) is 5.92 Å². The molecule has 2 atom stereocenters. The molecule has 0 aromatic heterocycles. The first-order chi connectivity index (χ1) is 12.1. The van der Waals surface area contributed by atoms with Gasteiger partial charge in [0.05, 0.1) is 0 Å². The molecule has 0 fully saturated rings. The van der Waals surface area contributed by atoms with Gasteiger partial charge in [-0.3, -0.25) is 0 Å². The lowest BCUT2D eigenvalue weighted by atomic mass is 9.94. The number of benzene rings is 1. The molecule has 5 heteroatoms. The van der Waals surface area contributed by atoms with E-state index in [4.69, 9.17) is 9.16 Å². The van der Waals surface area contributed by atoms with Crippen molar-refractivity contribution in [3.05, 3.63) is 35.9 Å². The Morgan fingerprint density at radius 1 is 1.19 bits per heavy atom. The lowest BCUT2D eigenvalue weighted by Crippen LogP contribution is -2.49.